The fourth-order valence-electron chi connectivity index (χ4n) is 2.40. The van der Waals surface area contributed by atoms with E-state index < -0.39 is 0 Å². The molecule has 6 heteroatoms. The molecule has 2 rings (SSSR count). The van der Waals surface area contributed by atoms with Crippen LogP contribution in [-0.4, -0.2) is 42.4 Å². The van der Waals surface area contributed by atoms with Crippen LogP contribution in [0.5, 0.6) is 0 Å². The fraction of sp³-hybridized carbons (Fsp3) is 0.769. The van der Waals surface area contributed by atoms with E-state index in [0.29, 0.717) is 31.8 Å². The largest absolute Gasteiger partial charge is 0.455 e. The number of ether oxygens (including phenoxy) is 1. The monoisotopic (exact) mass is 268 g/mol. The maximum atomic E-state index is 11.8. The molecule has 6 nitrogen and oxygen atoms in total. The summed E-state index contributed by atoms with van der Waals surface area (Å²) in [6, 6.07) is 0. The summed E-state index contributed by atoms with van der Waals surface area (Å²) in [4.78, 5) is 36.0. The number of hydrogen-bond donors (Lipinski definition) is 1. The van der Waals surface area contributed by atoms with Crippen molar-refractivity contribution in [1.82, 2.24) is 4.90 Å². The van der Waals surface area contributed by atoms with Gasteiger partial charge in [-0.05, 0) is 25.2 Å². The summed E-state index contributed by atoms with van der Waals surface area (Å²) in [6.45, 7) is 2.80. The Balaban J connectivity index is 1.69. The van der Waals surface area contributed by atoms with E-state index >= 15 is 0 Å². The van der Waals surface area contributed by atoms with Crippen LogP contribution in [-0.2, 0) is 19.1 Å². The topological polar surface area (TPSA) is 89.7 Å². The summed E-state index contributed by atoms with van der Waals surface area (Å²) >= 11 is 0. The molecule has 2 fully saturated rings. The predicted octanol–water partition coefficient (Wildman–Crippen LogP) is -0.0905. The molecule has 1 aliphatic carbocycles. The van der Waals surface area contributed by atoms with Crippen molar-refractivity contribution < 1.29 is 19.1 Å². The maximum absolute atomic E-state index is 11.8. The molecule has 106 valence electrons. The van der Waals surface area contributed by atoms with E-state index in [1.807, 2.05) is 6.92 Å². The Bertz CT molecular complexity index is 388. The van der Waals surface area contributed by atoms with Gasteiger partial charge in [0.25, 0.3) is 5.91 Å². The number of rotatable bonds is 4. The SMILES string of the molecule is C[C@@H]1C[C@H]1C(=O)OCC(=O)N1CCC(C(N)=O)CC1. The smallest absolute Gasteiger partial charge is 0.309 e. The Hall–Kier alpha value is -1.59. The Morgan fingerprint density at radius 2 is 1.84 bits per heavy atom. The van der Waals surface area contributed by atoms with Gasteiger partial charge in [-0.2, -0.15) is 0 Å². The first-order valence-corrected chi connectivity index (χ1v) is 6.72. The highest BCUT2D eigenvalue weighted by atomic mass is 16.5. The Morgan fingerprint density at radius 3 is 2.32 bits per heavy atom. The first-order valence-electron chi connectivity index (χ1n) is 6.72. The van der Waals surface area contributed by atoms with Gasteiger partial charge in [0.15, 0.2) is 6.61 Å². The quantitative estimate of drug-likeness (QED) is 0.721. The third-order valence-corrected chi connectivity index (χ3v) is 4.00. The van der Waals surface area contributed by atoms with Gasteiger partial charge in [0.05, 0.1) is 5.92 Å². The maximum Gasteiger partial charge on any atom is 0.309 e. The highest BCUT2D eigenvalue weighted by Crippen LogP contribution is 2.38. The number of nitrogens with zero attached hydrogens (tertiary/aromatic N) is 1. The third kappa shape index (κ3) is 3.45. The molecule has 1 aliphatic heterocycles. The van der Waals surface area contributed by atoms with E-state index in [4.69, 9.17) is 10.5 Å². The Morgan fingerprint density at radius 1 is 1.26 bits per heavy atom. The number of esters is 1. The molecule has 2 atom stereocenters. The molecule has 1 heterocycles. The number of carbonyl (C=O) groups excluding carboxylic acids is 3. The second kappa shape index (κ2) is 5.59. The van der Waals surface area contributed by atoms with Crippen LogP contribution in [0.1, 0.15) is 26.2 Å². The van der Waals surface area contributed by atoms with Crippen molar-refractivity contribution in [3.05, 3.63) is 0 Å². The molecule has 0 bridgehead atoms. The van der Waals surface area contributed by atoms with Gasteiger partial charge in [-0.1, -0.05) is 6.92 Å². The second-order valence-electron chi connectivity index (χ2n) is 5.48. The van der Waals surface area contributed by atoms with Gasteiger partial charge in [-0.3, -0.25) is 14.4 Å². The molecule has 2 amide bonds. The molecule has 2 N–H and O–H groups in total. The predicted molar refractivity (Wildman–Crippen MR) is 66.7 cm³/mol. The van der Waals surface area contributed by atoms with Crippen LogP contribution in [0.3, 0.4) is 0 Å². The van der Waals surface area contributed by atoms with Crippen molar-refractivity contribution in [3.8, 4) is 0 Å². The standard InChI is InChI=1S/C13H20N2O4/c1-8-6-10(8)13(18)19-7-11(16)15-4-2-9(3-5-15)12(14)17/h8-10H,2-7H2,1H3,(H2,14,17)/t8-,10-/m1/s1. The summed E-state index contributed by atoms with van der Waals surface area (Å²) in [7, 11) is 0. The van der Waals surface area contributed by atoms with Crippen molar-refractivity contribution in [2.24, 2.45) is 23.5 Å². The number of hydrogen-bond acceptors (Lipinski definition) is 4. The molecule has 2 aliphatic rings. The number of likely N-dealkylation sites (tertiary alicyclic amines) is 1. The molecule has 0 spiro atoms. The number of carbonyl (C=O) groups is 3. The van der Waals surface area contributed by atoms with Crippen molar-refractivity contribution >= 4 is 17.8 Å². The van der Waals surface area contributed by atoms with Crippen LogP contribution in [0.25, 0.3) is 0 Å². The summed E-state index contributed by atoms with van der Waals surface area (Å²) in [5.74, 6) is -0.542. The molecule has 0 radical (unpaired) electrons. The Labute approximate surface area is 112 Å². The lowest BCUT2D eigenvalue weighted by Gasteiger charge is -2.30. The molecule has 0 unspecified atom stereocenters. The minimum absolute atomic E-state index is 0.0200. The molecule has 0 aromatic rings. The van der Waals surface area contributed by atoms with E-state index in [1.54, 1.807) is 4.90 Å². The number of piperidine rings is 1. The van der Waals surface area contributed by atoms with Crippen LogP contribution in [0.2, 0.25) is 0 Å². The fourth-order valence-corrected chi connectivity index (χ4v) is 2.40. The first-order chi connectivity index (χ1) is 8.99. The molecular formula is C13H20N2O4. The minimum Gasteiger partial charge on any atom is -0.455 e. The third-order valence-electron chi connectivity index (χ3n) is 4.00. The molecule has 19 heavy (non-hydrogen) atoms. The van der Waals surface area contributed by atoms with Gasteiger partial charge in [0, 0.05) is 19.0 Å². The number of primary amides is 1. The van der Waals surface area contributed by atoms with Crippen LogP contribution >= 0.6 is 0 Å². The van der Waals surface area contributed by atoms with Crippen LogP contribution < -0.4 is 5.73 Å². The van der Waals surface area contributed by atoms with Gasteiger partial charge >= 0.3 is 5.97 Å². The highest BCUT2D eigenvalue weighted by molar-refractivity contribution is 5.83. The van der Waals surface area contributed by atoms with E-state index in [2.05, 4.69) is 0 Å². The van der Waals surface area contributed by atoms with Gasteiger partial charge < -0.3 is 15.4 Å². The van der Waals surface area contributed by atoms with Gasteiger partial charge in [-0.25, -0.2) is 0 Å². The second-order valence-corrected chi connectivity index (χ2v) is 5.48. The normalized spacial score (nSPS) is 26.9. The molecular weight excluding hydrogens is 248 g/mol. The van der Waals surface area contributed by atoms with Gasteiger partial charge in [-0.15, -0.1) is 0 Å². The Kier molecular flexibility index (Phi) is 4.07. The van der Waals surface area contributed by atoms with Crippen LogP contribution in [0, 0.1) is 17.8 Å². The van der Waals surface area contributed by atoms with E-state index in [-0.39, 0.29) is 36.2 Å². The lowest BCUT2D eigenvalue weighted by molar-refractivity contribution is -0.154. The van der Waals surface area contributed by atoms with Crippen molar-refractivity contribution in [1.29, 1.82) is 0 Å². The zero-order chi connectivity index (χ0) is 14.0. The summed E-state index contributed by atoms with van der Waals surface area (Å²) in [5, 5.41) is 0. The molecule has 0 aromatic heterocycles. The molecule has 1 saturated heterocycles. The summed E-state index contributed by atoms with van der Waals surface area (Å²) < 4.78 is 5.00. The zero-order valence-corrected chi connectivity index (χ0v) is 11.1. The van der Waals surface area contributed by atoms with Crippen molar-refractivity contribution in [3.63, 3.8) is 0 Å². The molecule has 0 aromatic carbocycles. The van der Waals surface area contributed by atoms with Crippen LogP contribution in [0.15, 0.2) is 0 Å². The molecule has 1 saturated carbocycles. The first kappa shape index (κ1) is 13.8. The highest BCUT2D eigenvalue weighted by Gasteiger charge is 2.40. The number of amides is 2. The van der Waals surface area contributed by atoms with E-state index in [1.165, 1.54) is 0 Å². The summed E-state index contributed by atoms with van der Waals surface area (Å²) in [5.41, 5.74) is 5.23. The van der Waals surface area contributed by atoms with Crippen LogP contribution in [0.4, 0.5) is 0 Å². The minimum atomic E-state index is -0.304. The van der Waals surface area contributed by atoms with E-state index in [9.17, 15) is 14.4 Å². The number of nitrogens with two attached hydrogens (primary N) is 1. The average Bonchev–Trinajstić information content (AvgIpc) is 3.13. The zero-order valence-electron chi connectivity index (χ0n) is 11.1. The van der Waals surface area contributed by atoms with Gasteiger partial charge in [0.2, 0.25) is 5.91 Å². The van der Waals surface area contributed by atoms with E-state index in [0.717, 1.165) is 6.42 Å². The summed E-state index contributed by atoms with van der Waals surface area (Å²) in [6.07, 6.45) is 2.04. The lowest BCUT2D eigenvalue weighted by atomic mass is 9.96. The van der Waals surface area contributed by atoms with Crippen molar-refractivity contribution in [2.45, 2.75) is 26.2 Å². The van der Waals surface area contributed by atoms with Crippen molar-refractivity contribution in [2.75, 3.05) is 19.7 Å². The lowest BCUT2D eigenvalue weighted by Crippen LogP contribution is -2.43. The van der Waals surface area contributed by atoms with Gasteiger partial charge in [0.1, 0.15) is 0 Å². The average molecular weight is 268 g/mol.